The van der Waals surface area contributed by atoms with Gasteiger partial charge >= 0.3 is 0 Å². The van der Waals surface area contributed by atoms with Crippen molar-refractivity contribution in [2.75, 3.05) is 0 Å². The first-order chi connectivity index (χ1) is 7.75. The molecule has 0 spiro atoms. The van der Waals surface area contributed by atoms with Crippen molar-refractivity contribution in [3.05, 3.63) is 36.3 Å². The zero-order valence-electron chi connectivity index (χ0n) is 9.14. The fourth-order valence-electron chi connectivity index (χ4n) is 1.92. The number of benzene rings is 1. The second-order valence-corrected chi connectivity index (χ2v) is 3.82. The summed E-state index contributed by atoms with van der Waals surface area (Å²) in [6, 6.07) is 8.16. The number of nitrogens with zero attached hydrogens (tertiary/aromatic N) is 3. The van der Waals surface area contributed by atoms with Gasteiger partial charge in [-0.15, -0.1) is 0 Å². The van der Waals surface area contributed by atoms with Crippen molar-refractivity contribution >= 4 is 10.9 Å². The Hall–Kier alpha value is -2.10. The quantitative estimate of drug-likeness (QED) is 0.624. The molecule has 0 unspecified atom stereocenters. The van der Waals surface area contributed by atoms with E-state index in [9.17, 15) is 0 Å². The molecular weight excluding hydrogens is 202 g/mol. The van der Waals surface area contributed by atoms with Gasteiger partial charge in [0.15, 0.2) is 5.82 Å². The van der Waals surface area contributed by atoms with Gasteiger partial charge in [0.2, 0.25) is 0 Å². The molecule has 0 radical (unpaired) electrons. The number of aryl methyl sites for hydroxylation is 2. The molecule has 4 nitrogen and oxygen atoms in total. The third-order valence-corrected chi connectivity index (χ3v) is 2.65. The number of para-hydroxylation sites is 1. The van der Waals surface area contributed by atoms with E-state index in [0.717, 1.165) is 16.5 Å². The first-order valence-corrected chi connectivity index (χ1v) is 5.10. The Kier molecular flexibility index (Phi) is 1.83. The molecule has 0 atom stereocenters. The molecule has 0 fully saturated rings. The summed E-state index contributed by atoms with van der Waals surface area (Å²) in [4.78, 5) is 4.25. The van der Waals surface area contributed by atoms with Gasteiger partial charge in [0.1, 0.15) is 0 Å². The zero-order valence-corrected chi connectivity index (χ0v) is 9.14. The van der Waals surface area contributed by atoms with Crippen LogP contribution in [-0.4, -0.2) is 14.7 Å². The number of rotatable bonds is 1. The molecule has 0 aliphatic heterocycles. The van der Waals surface area contributed by atoms with Crippen molar-refractivity contribution in [3.8, 4) is 11.5 Å². The lowest BCUT2D eigenvalue weighted by Crippen LogP contribution is -1.81. The summed E-state index contributed by atoms with van der Waals surface area (Å²) in [5.74, 6) is 1.23. The summed E-state index contributed by atoms with van der Waals surface area (Å²) in [7, 11) is 2.01. The monoisotopic (exact) mass is 213 g/mol. The van der Waals surface area contributed by atoms with E-state index >= 15 is 0 Å². The Labute approximate surface area is 92.5 Å². The molecule has 3 aromatic rings. The first kappa shape index (κ1) is 9.15. The smallest absolute Gasteiger partial charge is 0.260 e. The van der Waals surface area contributed by atoms with E-state index in [0.29, 0.717) is 11.7 Å². The van der Waals surface area contributed by atoms with Crippen LogP contribution < -0.4 is 0 Å². The van der Waals surface area contributed by atoms with E-state index in [1.165, 1.54) is 0 Å². The van der Waals surface area contributed by atoms with Crippen LogP contribution >= 0.6 is 0 Å². The van der Waals surface area contributed by atoms with Crippen LogP contribution in [0.2, 0.25) is 0 Å². The number of hydrogen-bond donors (Lipinski definition) is 0. The molecule has 0 amide bonds. The first-order valence-electron chi connectivity index (χ1n) is 5.10. The van der Waals surface area contributed by atoms with Gasteiger partial charge in [-0.3, -0.25) is 0 Å². The highest BCUT2D eigenvalue weighted by molar-refractivity contribution is 5.93. The molecule has 0 saturated heterocycles. The summed E-state index contributed by atoms with van der Waals surface area (Å²) < 4.78 is 7.26. The molecule has 2 aromatic heterocycles. The third-order valence-electron chi connectivity index (χ3n) is 2.65. The molecule has 1 aromatic carbocycles. The van der Waals surface area contributed by atoms with E-state index in [1.54, 1.807) is 0 Å². The molecule has 0 bridgehead atoms. The van der Waals surface area contributed by atoms with Crippen LogP contribution in [0.5, 0.6) is 0 Å². The van der Waals surface area contributed by atoms with E-state index < -0.39 is 0 Å². The number of hydrogen-bond acceptors (Lipinski definition) is 3. The molecule has 0 aliphatic rings. The number of fused-ring (bicyclic) bond motifs is 1. The van der Waals surface area contributed by atoms with Gasteiger partial charge in [-0.25, -0.2) is 0 Å². The average Bonchev–Trinajstić information content (AvgIpc) is 2.84. The van der Waals surface area contributed by atoms with E-state index in [1.807, 2.05) is 32.3 Å². The topological polar surface area (TPSA) is 43.9 Å². The van der Waals surface area contributed by atoms with Crippen molar-refractivity contribution in [2.24, 2.45) is 7.05 Å². The van der Waals surface area contributed by atoms with Crippen molar-refractivity contribution in [1.29, 1.82) is 0 Å². The highest BCUT2D eigenvalue weighted by atomic mass is 16.5. The second-order valence-electron chi connectivity index (χ2n) is 3.82. The van der Waals surface area contributed by atoms with E-state index in [2.05, 4.69) is 26.8 Å². The molecule has 0 saturated carbocycles. The Morgan fingerprint density at radius 1 is 1.25 bits per heavy atom. The fraction of sp³-hybridized carbons (Fsp3) is 0.167. The number of aromatic nitrogens is 3. The minimum atomic E-state index is 0.578. The van der Waals surface area contributed by atoms with E-state index in [4.69, 9.17) is 4.52 Å². The fourth-order valence-corrected chi connectivity index (χ4v) is 1.92. The van der Waals surface area contributed by atoms with Crippen LogP contribution in [-0.2, 0) is 7.05 Å². The maximum absolute atomic E-state index is 5.20. The Bertz CT molecular complexity index is 651. The van der Waals surface area contributed by atoms with E-state index in [-0.39, 0.29) is 0 Å². The van der Waals surface area contributed by atoms with Gasteiger partial charge in [-0.05, 0) is 13.0 Å². The second kappa shape index (κ2) is 3.20. The molecule has 80 valence electrons. The van der Waals surface area contributed by atoms with Crippen molar-refractivity contribution in [2.45, 2.75) is 6.92 Å². The Balaban J connectivity index is 2.32. The molecule has 3 rings (SSSR count). The minimum Gasteiger partial charge on any atom is -0.350 e. The van der Waals surface area contributed by atoms with Crippen LogP contribution in [0.3, 0.4) is 0 Å². The van der Waals surface area contributed by atoms with Gasteiger partial charge in [-0.2, -0.15) is 4.98 Å². The maximum Gasteiger partial charge on any atom is 0.260 e. The zero-order chi connectivity index (χ0) is 11.1. The third kappa shape index (κ3) is 1.23. The highest BCUT2D eigenvalue weighted by Gasteiger charge is 2.13. The summed E-state index contributed by atoms with van der Waals surface area (Å²) in [6.07, 6.45) is 2.01. The normalized spacial score (nSPS) is 11.1. The Morgan fingerprint density at radius 3 is 2.81 bits per heavy atom. The molecule has 2 heterocycles. The standard InChI is InChI=1S/C12H11N3O/c1-8-13-12(16-14-8)10-7-15(2)11-6-4-3-5-9(10)11/h3-7H,1-2H3. The molecule has 0 N–H and O–H groups in total. The lowest BCUT2D eigenvalue weighted by molar-refractivity contribution is 0.426. The average molecular weight is 213 g/mol. The summed E-state index contributed by atoms with van der Waals surface area (Å²) in [6.45, 7) is 1.82. The summed E-state index contributed by atoms with van der Waals surface area (Å²) in [5, 5.41) is 4.95. The lowest BCUT2D eigenvalue weighted by Gasteiger charge is -1.92. The molecule has 4 heteroatoms. The largest absolute Gasteiger partial charge is 0.350 e. The molecule has 16 heavy (non-hydrogen) atoms. The maximum atomic E-state index is 5.20. The van der Waals surface area contributed by atoms with Crippen molar-refractivity contribution in [1.82, 2.24) is 14.7 Å². The van der Waals surface area contributed by atoms with Gasteiger partial charge in [0.25, 0.3) is 5.89 Å². The summed E-state index contributed by atoms with van der Waals surface area (Å²) >= 11 is 0. The van der Waals surface area contributed by atoms with Gasteiger partial charge < -0.3 is 9.09 Å². The predicted octanol–water partition coefficient (Wildman–Crippen LogP) is 2.54. The van der Waals surface area contributed by atoms with Crippen molar-refractivity contribution in [3.63, 3.8) is 0 Å². The van der Waals surface area contributed by atoms with Crippen molar-refractivity contribution < 1.29 is 4.52 Å². The minimum absolute atomic E-state index is 0.578. The highest BCUT2D eigenvalue weighted by Crippen LogP contribution is 2.28. The van der Waals surface area contributed by atoms with Crippen LogP contribution in [0, 0.1) is 6.92 Å². The molecule has 0 aliphatic carbocycles. The van der Waals surface area contributed by atoms with Gasteiger partial charge in [0, 0.05) is 24.1 Å². The van der Waals surface area contributed by atoms with Crippen LogP contribution in [0.4, 0.5) is 0 Å². The van der Waals surface area contributed by atoms with Gasteiger partial charge in [-0.1, -0.05) is 23.4 Å². The van der Waals surface area contributed by atoms with Crippen LogP contribution in [0.1, 0.15) is 5.82 Å². The molecular formula is C12H11N3O. The van der Waals surface area contributed by atoms with Crippen LogP contribution in [0.25, 0.3) is 22.4 Å². The summed E-state index contributed by atoms with van der Waals surface area (Å²) in [5.41, 5.74) is 2.15. The SMILES string of the molecule is Cc1noc(-c2cn(C)c3ccccc23)n1. The Morgan fingerprint density at radius 2 is 2.06 bits per heavy atom. The van der Waals surface area contributed by atoms with Gasteiger partial charge in [0.05, 0.1) is 5.56 Å². The predicted molar refractivity (Wildman–Crippen MR) is 60.9 cm³/mol. The lowest BCUT2D eigenvalue weighted by atomic mass is 10.2. The van der Waals surface area contributed by atoms with Crippen LogP contribution in [0.15, 0.2) is 35.0 Å².